The summed E-state index contributed by atoms with van der Waals surface area (Å²) in [6, 6.07) is 21.2. The van der Waals surface area contributed by atoms with E-state index in [2.05, 4.69) is 61.1 Å². The number of aromatic nitrogens is 1. The Bertz CT molecular complexity index is 1160. The highest BCUT2D eigenvalue weighted by Crippen LogP contribution is 2.44. The number of carbonyl (C=O) groups is 2. The van der Waals surface area contributed by atoms with Crippen molar-refractivity contribution in [2.45, 2.75) is 24.4 Å². The van der Waals surface area contributed by atoms with Crippen molar-refractivity contribution < 1.29 is 14.3 Å². The van der Waals surface area contributed by atoms with Crippen molar-refractivity contribution in [1.82, 2.24) is 15.6 Å². The van der Waals surface area contributed by atoms with Gasteiger partial charge in [-0.3, -0.25) is 4.79 Å². The molecule has 5 rings (SSSR count). The highest BCUT2D eigenvalue weighted by molar-refractivity contribution is 9.10. The number of benzene rings is 2. The van der Waals surface area contributed by atoms with E-state index in [1.807, 2.05) is 24.3 Å². The van der Waals surface area contributed by atoms with Crippen molar-refractivity contribution in [3.05, 3.63) is 82.5 Å². The number of nitrogens with zero attached hydrogens (tertiary/aromatic N) is 1. The second kappa shape index (κ2) is 9.33. The Labute approximate surface area is 200 Å². The van der Waals surface area contributed by atoms with Crippen LogP contribution in [-0.2, 0) is 9.53 Å². The van der Waals surface area contributed by atoms with Gasteiger partial charge < -0.3 is 20.7 Å². The SMILES string of the molecule is O=C(N[C@@H]1CN[C@H](C(=O)Nc2cccc(Br)n2)C1)OCC1c2ccccc2-c2ccccc21. The fraction of sp³-hybridized carbons (Fsp3) is 0.240. The Hall–Kier alpha value is -3.23. The minimum Gasteiger partial charge on any atom is -0.449 e. The fourth-order valence-electron chi connectivity index (χ4n) is 4.54. The number of hydrogen-bond donors (Lipinski definition) is 3. The van der Waals surface area contributed by atoms with Gasteiger partial charge in [-0.1, -0.05) is 54.6 Å². The van der Waals surface area contributed by atoms with Gasteiger partial charge in [-0.25, -0.2) is 9.78 Å². The van der Waals surface area contributed by atoms with Crippen molar-refractivity contribution in [2.24, 2.45) is 0 Å². The standard InChI is InChI=1S/C25H23BrN4O3/c26-22-10-5-11-23(29-22)30-24(31)21-12-15(13-27-21)28-25(32)33-14-20-18-8-3-1-6-16(18)17-7-2-4-9-19(17)20/h1-11,15,20-21,27H,12-14H2,(H,28,32)(H,29,30,31)/t15-,21-/m0/s1. The Morgan fingerprint density at radius 1 is 1.00 bits per heavy atom. The van der Waals surface area contributed by atoms with E-state index in [1.165, 1.54) is 22.3 Å². The van der Waals surface area contributed by atoms with Gasteiger partial charge in [-0.15, -0.1) is 0 Å². The van der Waals surface area contributed by atoms with Crippen LogP contribution >= 0.6 is 15.9 Å². The number of hydrogen-bond acceptors (Lipinski definition) is 5. The van der Waals surface area contributed by atoms with Gasteiger partial charge >= 0.3 is 6.09 Å². The van der Waals surface area contributed by atoms with E-state index in [1.54, 1.807) is 18.2 Å². The second-order valence-electron chi connectivity index (χ2n) is 8.20. The van der Waals surface area contributed by atoms with Gasteiger partial charge in [0.05, 0.1) is 6.04 Å². The van der Waals surface area contributed by atoms with Crippen molar-refractivity contribution in [3.8, 4) is 11.1 Å². The summed E-state index contributed by atoms with van der Waals surface area (Å²) in [5.41, 5.74) is 4.73. The van der Waals surface area contributed by atoms with Gasteiger partial charge in [0.2, 0.25) is 5.91 Å². The lowest BCUT2D eigenvalue weighted by Crippen LogP contribution is -2.37. The number of halogens is 1. The molecular formula is C25H23BrN4O3. The molecule has 8 heteroatoms. The van der Waals surface area contributed by atoms with Crippen LogP contribution in [-0.4, -0.2) is 42.2 Å². The first-order valence-electron chi connectivity index (χ1n) is 10.9. The Kier molecular flexibility index (Phi) is 6.11. The quantitative estimate of drug-likeness (QED) is 0.454. The number of ether oxygens (including phenoxy) is 1. The molecule has 0 spiro atoms. The lowest BCUT2D eigenvalue weighted by atomic mass is 9.98. The molecule has 0 radical (unpaired) electrons. The first kappa shape index (κ1) is 21.6. The maximum atomic E-state index is 12.5. The largest absolute Gasteiger partial charge is 0.449 e. The van der Waals surface area contributed by atoms with Crippen molar-refractivity contribution >= 4 is 33.7 Å². The van der Waals surface area contributed by atoms with Gasteiger partial charge in [0, 0.05) is 18.5 Å². The van der Waals surface area contributed by atoms with E-state index < -0.39 is 12.1 Å². The van der Waals surface area contributed by atoms with E-state index in [9.17, 15) is 9.59 Å². The predicted octanol–water partition coefficient (Wildman–Crippen LogP) is 4.05. The molecule has 1 aromatic heterocycles. The molecule has 2 aliphatic rings. The van der Waals surface area contributed by atoms with E-state index in [4.69, 9.17) is 4.74 Å². The molecule has 0 unspecified atom stereocenters. The van der Waals surface area contributed by atoms with Crippen LogP contribution < -0.4 is 16.0 Å². The maximum Gasteiger partial charge on any atom is 0.407 e. The minimum atomic E-state index is -0.474. The van der Waals surface area contributed by atoms with Crippen LogP contribution in [0.4, 0.5) is 10.6 Å². The van der Waals surface area contributed by atoms with E-state index in [-0.39, 0.29) is 24.5 Å². The summed E-state index contributed by atoms with van der Waals surface area (Å²) in [7, 11) is 0. The molecule has 2 amide bonds. The summed E-state index contributed by atoms with van der Waals surface area (Å²) in [6.07, 6.45) is 0.00250. The van der Waals surface area contributed by atoms with E-state index in [0.717, 1.165) is 0 Å². The van der Waals surface area contributed by atoms with Crippen LogP contribution in [0.25, 0.3) is 11.1 Å². The summed E-state index contributed by atoms with van der Waals surface area (Å²) in [4.78, 5) is 29.2. The normalized spacial score (nSPS) is 18.9. The predicted molar refractivity (Wildman–Crippen MR) is 129 cm³/mol. The molecule has 2 aromatic carbocycles. The summed E-state index contributed by atoms with van der Waals surface area (Å²) >= 11 is 3.29. The molecule has 1 aliphatic carbocycles. The molecular weight excluding hydrogens is 484 g/mol. The van der Waals surface area contributed by atoms with Crippen LogP contribution in [0.2, 0.25) is 0 Å². The Balaban J connectivity index is 1.15. The molecule has 2 heterocycles. The molecule has 7 nitrogen and oxygen atoms in total. The van der Waals surface area contributed by atoms with E-state index >= 15 is 0 Å². The average molecular weight is 507 g/mol. The summed E-state index contributed by atoms with van der Waals surface area (Å²) in [5, 5.41) is 8.82. The zero-order valence-electron chi connectivity index (χ0n) is 17.8. The highest BCUT2D eigenvalue weighted by atomic mass is 79.9. The van der Waals surface area contributed by atoms with Crippen molar-refractivity contribution in [1.29, 1.82) is 0 Å². The molecule has 33 heavy (non-hydrogen) atoms. The Morgan fingerprint density at radius 3 is 2.39 bits per heavy atom. The van der Waals surface area contributed by atoms with Crippen LogP contribution in [0.5, 0.6) is 0 Å². The first-order chi connectivity index (χ1) is 16.1. The van der Waals surface area contributed by atoms with Gasteiger partial charge in [0.1, 0.15) is 17.0 Å². The number of carbonyl (C=O) groups excluding carboxylic acids is 2. The number of anilines is 1. The van der Waals surface area contributed by atoms with Crippen LogP contribution in [0.3, 0.4) is 0 Å². The van der Waals surface area contributed by atoms with Crippen LogP contribution in [0.1, 0.15) is 23.5 Å². The molecule has 1 aliphatic heterocycles. The molecule has 3 N–H and O–H groups in total. The third-order valence-electron chi connectivity index (χ3n) is 6.08. The topological polar surface area (TPSA) is 92.4 Å². The molecule has 0 saturated carbocycles. The molecule has 168 valence electrons. The van der Waals surface area contributed by atoms with Gasteiger partial charge in [0.15, 0.2) is 0 Å². The van der Waals surface area contributed by atoms with Gasteiger partial charge in [-0.05, 0) is 56.7 Å². The van der Waals surface area contributed by atoms with Crippen LogP contribution in [0, 0.1) is 0 Å². The molecule has 1 saturated heterocycles. The zero-order valence-corrected chi connectivity index (χ0v) is 19.3. The second-order valence-corrected chi connectivity index (χ2v) is 9.01. The molecule has 0 bridgehead atoms. The van der Waals surface area contributed by atoms with Crippen LogP contribution in [0.15, 0.2) is 71.3 Å². The summed E-state index contributed by atoms with van der Waals surface area (Å²) < 4.78 is 6.26. The maximum absolute atomic E-state index is 12.5. The van der Waals surface area contributed by atoms with Crippen molar-refractivity contribution in [2.75, 3.05) is 18.5 Å². The number of alkyl carbamates (subject to hydrolysis) is 1. The fourth-order valence-corrected chi connectivity index (χ4v) is 4.89. The molecule has 1 fully saturated rings. The lowest BCUT2D eigenvalue weighted by Gasteiger charge is -2.16. The average Bonchev–Trinajstić information content (AvgIpc) is 3.40. The third-order valence-corrected chi connectivity index (χ3v) is 6.52. The monoisotopic (exact) mass is 506 g/mol. The number of pyridine rings is 1. The number of amides is 2. The van der Waals surface area contributed by atoms with Gasteiger partial charge in [-0.2, -0.15) is 0 Å². The zero-order chi connectivity index (χ0) is 22.8. The third kappa shape index (κ3) is 4.62. The number of nitrogens with one attached hydrogen (secondary N) is 3. The molecule has 3 aromatic rings. The number of fused-ring (bicyclic) bond motifs is 3. The van der Waals surface area contributed by atoms with E-state index in [0.29, 0.717) is 23.4 Å². The highest BCUT2D eigenvalue weighted by Gasteiger charge is 2.32. The molecule has 2 atom stereocenters. The number of rotatable bonds is 5. The summed E-state index contributed by atoms with van der Waals surface area (Å²) in [6.45, 7) is 0.757. The Morgan fingerprint density at radius 2 is 1.70 bits per heavy atom. The first-order valence-corrected chi connectivity index (χ1v) is 11.7. The van der Waals surface area contributed by atoms with Gasteiger partial charge in [0.25, 0.3) is 0 Å². The summed E-state index contributed by atoms with van der Waals surface area (Å²) in [5.74, 6) is 0.308. The smallest absolute Gasteiger partial charge is 0.407 e. The lowest BCUT2D eigenvalue weighted by molar-refractivity contribution is -0.117. The van der Waals surface area contributed by atoms with Crippen molar-refractivity contribution in [3.63, 3.8) is 0 Å². The minimum absolute atomic E-state index is 0.0149.